The van der Waals surface area contributed by atoms with Crippen molar-refractivity contribution < 1.29 is 13.2 Å². The molecule has 2 N–H and O–H groups in total. The summed E-state index contributed by atoms with van der Waals surface area (Å²) in [4.78, 5) is 19.9. The quantitative estimate of drug-likeness (QED) is 0.630. The zero-order chi connectivity index (χ0) is 23.7. The number of thioether (sulfide) groups is 1. The molecule has 34 heavy (non-hydrogen) atoms. The van der Waals surface area contributed by atoms with Gasteiger partial charge < -0.3 is 10.6 Å². The van der Waals surface area contributed by atoms with E-state index >= 15 is 0 Å². The van der Waals surface area contributed by atoms with E-state index in [0.29, 0.717) is 21.4 Å². The van der Waals surface area contributed by atoms with Crippen LogP contribution in [0.15, 0.2) is 53.5 Å². The number of likely N-dealkylation sites (tertiary alicyclic amines) is 1. The topological polar surface area (TPSA) is 90.9 Å². The zero-order valence-electron chi connectivity index (χ0n) is 18.6. The van der Waals surface area contributed by atoms with Gasteiger partial charge in [-0.25, -0.2) is 8.42 Å². The summed E-state index contributed by atoms with van der Waals surface area (Å²) in [6.45, 7) is 2.83. The second-order valence-electron chi connectivity index (χ2n) is 9.06. The van der Waals surface area contributed by atoms with Crippen molar-refractivity contribution in [3.63, 3.8) is 0 Å². The van der Waals surface area contributed by atoms with E-state index in [9.17, 15) is 13.2 Å². The number of nitrogens with one attached hydrogen (secondary N) is 2. The molecule has 2 aromatic carbocycles. The number of sulfone groups is 1. The van der Waals surface area contributed by atoms with Gasteiger partial charge in [-0.05, 0) is 36.6 Å². The molecule has 7 nitrogen and oxygen atoms in total. The number of hydrogen-bond donors (Lipinski definition) is 2. The summed E-state index contributed by atoms with van der Waals surface area (Å²) >= 11 is 7.79. The highest BCUT2D eigenvalue weighted by molar-refractivity contribution is 8.15. The molecule has 2 fully saturated rings. The normalized spacial score (nSPS) is 24.4. The van der Waals surface area contributed by atoms with Gasteiger partial charge in [-0.1, -0.05) is 53.7 Å². The van der Waals surface area contributed by atoms with Crippen LogP contribution in [0.5, 0.6) is 0 Å². The maximum atomic E-state index is 12.9. The number of halogens is 1. The van der Waals surface area contributed by atoms with Gasteiger partial charge in [-0.15, -0.1) is 0 Å². The van der Waals surface area contributed by atoms with E-state index in [-0.39, 0.29) is 34.7 Å². The summed E-state index contributed by atoms with van der Waals surface area (Å²) in [6.07, 6.45) is 1.83. The minimum absolute atomic E-state index is 0.0504. The summed E-state index contributed by atoms with van der Waals surface area (Å²) in [5.74, 6) is 0.123. The van der Waals surface area contributed by atoms with Gasteiger partial charge in [-0.2, -0.15) is 0 Å². The number of amidine groups is 1. The van der Waals surface area contributed by atoms with Gasteiger partial charge in [0.25, 0.3) is 5.91 Å². The van der Waals surface area contributed by atoms with Crippen LogP contribution in [-0.2, 0) is 16.4 Å². The number of benzene rings is 2. The van der Waals surface area contributed by atoms with Gasteiger partial charge in [0, 0.05) is 36.5 Å². The Kier molecular flexibility index (Phi) is 6.88. The van der Waals surface area contributed by atoms with Crippen LogP contribution < -0.4 is 10.6 Å². The number of nitrogens with zero attached hydrogens (tertiary/aromatic N) is 2. The fourth-order valence-electron chi connectivity index (χ4n) is 4.64. The number of piperidine rings is 1. The van der Waals surface area contributed by atoms with E-state index in [4.69, 9.17) is 11.6 Å². The van der Waals surface area contributed by atoms with Crippen molar-refractivity contribution in [2.45, 2.75) is 36.7 Å². The molecule has 5 rings (SSSR count). The third-order valence-corrected chi connectivity index (χ3v) is 9.93. The van der Waals surface area contributed by atoms with E-state index in [2.05, 4.69) is 44.8 Å². The van der Waals surface area contributed by atoms with Gasteiger partial charge in [0.2, 0.25) is 0 Å². The Bertz CT molecular complexity index is 1200. The lowest BCUT2D eigenvalue weighted by Crippen LogP contribution is -2.44. The standard InChI is InChI=1S/C24H27ClN4O3S2/c25-19-7-6-17(12-20(19)27-24-28-21-14-34(31,32)15-22(21)33-24)23(30)26-18-8-10-29(11-9-18)13-16-4-2-1-3-5-16/h1-7,12,18,21-22H,8-11,13-15H2,(H,26,30)(H,27,28). The maximum Gasteiger partial charge on any atom is 0.251 e. The number of anilines is 1. The summed E-state index contributed by atoms with van der Waals surface area (Å²) in [7, 11) is -3.00. The first-order valence-electron chi connectivity index (χ1n) is 11.4. The van der Waals surface area contributed by atoms with E-state index in [1.165, 1.54) is 17.3 Å². The molecule has 2 saturated heterocycles. The smallest absolute Gasteiger partial charge is 0.251 e. The van der Waals surface area contributed by atoms with Crippen LogP contribution in [-0.4, -0.2) is 66.3 Å². The molecule has 2 aromatic rings. The van der Waals surface area contributed by atoms with Crippen molar-refractivity contribution in [1.29, 1.82) is 0 Å². The summed E-state index contributed by atoms with van der Waals surface area (Å²) in [6, 6.07) is 15.5. The third-order valence-electron chi connectivity index (χ3n) is 6.46. The van der Waals surface area contributed by atoms with Gasteiger partial charge in [-0.3, -0.25) is 14.7 Å². The Morgan fingerprint density at radius 1 is 1.12 bits per heavy atom. The van der Waals surface area contributed by atoms with Crippen molar-refractivity contribution in [3.8, 4) is 0 Å². The van der Waals surface area contributed by atoms with E-state index < -0.39 is 9.84 Å². The largest absolute Gasteiger partial charge is 0.349 e. The minimum Gasteiger partial charge on any atom is -0.349 e. The Morgan fingerprint density at radius 3 is 2.62 bits per heavy atom. The predicted octanol–water partition coefficient (Wildman–Crippen LogP) is 3.41. The highest BCUT2D eigenvalue weighted by atomic mass is 35.5. The summed E-state index contributed by atoms with van der Waals surface area (Å²) in [5.41, 5.74) is 2.44. The molecule has 180 valence electrons. The summed E-state index contributed by atoms with van der Waals surface area (Å²) in [5, 5.41) is 7.44. The molecule has 0 spiro atoms. The van der Waals surface area contributed by atoms with Crippen LogP contribution in [0.25, 0.3) is 0 Å². The monoisotopic (exact) mass is 518 g/mol. The second kappa shape index (κ2) is 9.89. The molecule has 2 atom stereocenters. The van der Waals surface area contributed by atoms with Gasteiger partial charge in [0.15, 0.2) is 15.0 Å². The molecule has 0 bridgehead atoms. The average molecular weight is 519 g/mol. The van der Waals surface area contributed by atoms with Crippen LogP contribution in [0.4, 0.5) is 5.69 Å². The third kappa shape index (κ3) is 5.59. The molecule has 3 aliphatic rings. The minimum atomic E-state index is -3.00. The van der Waals surface area contributed by atoms with Crippen LogP contribution in [0, 0.1) is 0 Å². The molecule has 0 radical (unpaired) electrons. The van der Waals surface area contributed by atoms with Crippen molar-refractivity contribution >= 4 is 50.0 Å². The van der Waals surface area contributed by atoms with E-state index in [1.54, 1.807) is 18.2 Å². The van der Waals surface area contributed by atoms with E-state index in [1.807, 2.05) is 6.07 Å². The molecule has 3 heterocycles. The Labute approximate surface area is 209 Å². The van der Waals surface area contributed by atoms with E-state index in [0.717, 1.165) is 32.5 Å². The number of amides is 1. The van der Waals surface area contributed by atoms with Crippen molar-refractivity contribution in [1.82, 2.24) is 10.2 Å². The van der Waals surface area contributed by atoms with Crippen molar-refractivity contribution in [2.75, 3.05) is 29.9 Å². The van der Waals surface area contributed by atoms with Crippen molar-refractivity contribution in [3.05, 3.63) is 64.7 Å². The number of aliphatic imine (C=N–C) groups is 1. The molecule has 0 aliphatic carbocycles. The number of carbonyl (C=O) groups is 1. The average Bonchev–Trinajstić information content (AvgIpc) is 3.29. The van der Waals surface area contributed by atoms with Gasteiger partial charge in [0.1, 0.15) is 0 Å². The lowest BCUT2D eigenvalue weighted by atomic mass is 10.0. The molecular formula is C24H27ClN4O3S2. The Hall–Kier alpha value is -2.07. The van der Waals surface area contributed by atoms with Crippen LogP contribution in [0.2, 0.25) is 5.02 Å². The molecular weight excluding hydrogens is 492 g/mol. The first-order chi connectivity index (χ1) is 16.3. The Morgan fingerprint density at radius 2 is 1.88 bits per heavy atom. The fraction of sp³-hybridized carbons (Fsp3) is 0.417. The van der Waals surface area contributed by atoms with Crippen molar-refractivity contribution in [2.24, 2.45) is 4.99 Å². The van der Waals surface area contributed by atoms with Crippen LogP contribution in [0.1, 0.15) is 28.8 Å². The molecule has 2 unspecified atom stereocenters. The zero-order valence-corrected chi connectivity index (χ0v) is 21.0. The molecule has 0 saturated carbocycles. The number of carbonyl (C=O) groups excluding carboxylic acids is 1. The fourth-order valence-corrected chi connectivity index (χ4v) is 8.47. The maximum absolute atomic E-state index is 12.9. The highest BCUT2D eigenvalue weighted by Gasteiger charge is 2.42. The molecule has 10 heteroatoms. The number of fused-ring (bicyclic) bond motifs is 1. The molecule has 1 amide bonds. The first kappa shape index (κ1) is 23.7. The predicted molar refractivity (Wildman–Crippen MR) is 139 cm³/mol. The second-order valence-corrected chi connectivity index (χ2v) is 12.9. The highest BCUT2D eigenvalue weighted by Crippen LogP contribution is 2.35. The number of rotatable bonds is 5. The molecule has 0 aromatic heterocycles. The SMILES string of the molecule is O=C(NC1CCN(Cc2ccccc2)CC1)c1ccc(Cl)c(NC2=NC3CS(=O)(=O)CC3S2)c1. The lowest BCUT2D eigenvalue weighted by Gasteiger charge is -2.32. The summed E-state index contributed by atoms with van der Waals surface area (Å²) < 4.78 is 23.6. The van der Waals surface area contributed by atoms with Crippen LogP contribution >= 0.6 is 23.4 Å². The van der Waals surface area contributed by atoms with Gasteiger partial charge >= 0.3 is 0 Å². The van der Waals surface area contributed by atoms with Crippen LogP contribution in [0.3, 0.4) is 0 Å². The lowest BCUT2D eigenvalue weighted by molar-refractivity contribution is 0.0909. The first-order valence-corrected chi connectivity index (χ1v) is 14.5. The Balaban J connectivity index is 1.16. The molecule has 3 aliphatic heterocycles. The number of hydrogen-bond acceptors (Lipinski definition) is 7. The van der Waals surface area contributed by atoms with Gasteiger partial charge in [0.05, 0.1) is 28.3 Å².